The molecule has 0 bridgehead atoms. The number of nitrogens with zero attached hydrogens (tertiary/aromatic N) is 3. The third kappa shape index (κ3) is 4.41. The van der Waals surface area contributed by atoms with E-state index in [2.05, 4.69) is 15.5 Å². The number of thioether (sulfide) groups is 1. The zero-order chi connectivity index (χ0) is 15.1. The van der Waals surface area contributed by atoms with Crippen LogP contribution in [0.2, 0.25) is 0 Å². The molecule has 1 aromatic rings. The molecule has 0 radical (unpaired) electrons. The Morgan fingerprint density at radius 2 is 2.20 bits per heavy atom. The molecule has 20 heavy (non-hydrogen) atoms. The topological polar surface area (TPSA) is 100 Å². The van der Waals surface area contributed by atoms with Gasteiger partial charge in [0.05, 0.1) is 12.3 Å². The molecule has 0 saturated carbocycles. The number of hydrogen-bond acceptors (Lipinski definition) is 5. The van der Waals surface area contributed by atoms with Crippen LogP contribution < -0.4 is 11.0 Å². The minimum Gasteiger partial charge on any atom is -0.358 e. The number of hydrogen-bond donors (Lipinski definition) is 2. The van der Waals surface area contributed by atoms with Crippen LogP contribution in [-0.2, 0) is 16.1 Å². The Morgan fingerprint density at radius 3 is 2.80 bits per heavy atom. The van der Waals surface area contributed by atoms with Crippen molar-refractivity contribution in [1.82, 2.24) is 25.0 Å². The highest BCUT2D eigenvalue weighted by molar-refractivity contribution is 7.99. The lowest BCUT2D eigenvalue weighted by Gasteiger charge is -2.15. The molecule has 0 aliphatic carbocycles. The van der Waals surface area contributed by atoms with Crippen LogP contribution in [0, 0.1) is 0 Å². The molecule has 0 atom stereocenters. The Hall–Kier alpha value is -1.77. The van der Waals surface area contributed by atoms with Crippen LogP contribution in [-0.4, -0.2) is 57.9 Å². The summed E-state index contributed by atoms with van der Waals surface area (Å²) in [6, 6.07) is 0. The van der Waals surface area contributed by atoms with Crippen molar-refractivity contribution in [2.45, 2.75) is 25.0 Å². The lowest BCUT2D eigenvalue weighted by molar-refractivity contribution is -0.132. The van der Waals surface area contributed by atoms with E-state index < -0.39 is 0 Å². The minimum atomic E-state index is -0.277. The first kappa shape index (κ1) is 16.3. The van der Waals surface area contributed by atoms with Gasteiger partial charge in [0.1, 0.15) is 0 Å². The van der Waals surface area contributed by atoms with Gasteiger partial charge in [-0.05, 0) is 6.42 Å². The molecule has 0 spiro atoms. The van der Waals surface area contributed by atoms with E-state index in [9.17, 15) is 14.4 Å². The fraction of sp³-hybridized carbons (Fsp3) is 0.636. The Kier molecular flexibility index (Phi) is 6.29. The Bertz CT molecular complexity index is 524. The summed E-state index contributed by atoms with van der Waals surface area (Å²) >= 11 is 1.18. The zero-order valence-electron chi connectivity index (χ0n) is 11.8. The second-order valence-electron chi connectivity index (χ2n) is 4.17. The summed E-state index contributed by atoms with van der Waals surface area (Å²) in [5.74, 6) is -0.299. The molecular formula is C11H19N5O3S. The van der Waals surface area contributed by atoms with Crippen molar-refractivity contribution in [1.29, 1.82) is 0 Å². The molecule has 9 heteroatoms. The van der Waals surface area contributed by atoms with Crippen LogP contribution in [0.4, 0.5) is 0 Å². The normalized spacial score (nSPS) is 10.3. The van der Waals surface area contributed by atoms with E-state index >= 15 is 0 Å². The molecule has 0 saturated heterocycles. The molecule has 0 aliphatic rings. The first-order chi connectivity index (χ1) is 9.49. The summed E-state index contributed by atoms with van der Waals surface area (Å²) in [7, 11) is 3.07. The molecule has 0 aliphatic heterocycles. The maximum Gasteiger partial charge on any atom is 0.343 e. The predicted molar refractivity (Wildman–Crippen MR) is 75.6 cm³/mol. The largest absolute Gasteiger partial charge is 0.358 e. The number of aromatic nitrogens is 3. The fourth-order valence-corrected chi connectivity index (χ4v) is 2.37. The number of carbonyl (C=O) groups is 2. The third-order valence-electron chi connectivity index (χ3n) is 2.58. The summed E-state index contributed by atoms with van der Waals surface area (Å²) < 4.78 is 1.50. The van der Waals surface area contributed by atoms with Crippen LogP contribution in [0.25, 0.3) is 0 Å². The number of amides is 2. The summed E-state index contributed by atoms with van der Waals surface area (Å²) in [5, 5.41) is 9.18. The van der Waals surface area contributed by atoms with Crippen LogP contribution in [0.3, 0.4) is 0 Å². The molecule has 2 N–H and O–H groups in total. The summed E-state index contributed by atoms with van der Waals surface area (Å²) in [6.45, 7) is 2.52. The van der Waals surface area contributed by atoms with Crippen molar-refractivity contribution in [3.63, 3.8) is 0 Å². The molecular weight excluding hydrogens is 282 g/mol. The average Bonchev–Trinajstić information content (AvgIpc) is 2.77. The monoisotopic (exact) mass is 301 g/mol. The smallest absolute Gasteiger partial charge is 0.343 e. The Balaban J connectivity index is 2.56. The number of rotatable bonds is 7. The van der Waals surface area contributed by atoms with Gasteiger partial charge in [-0.1, -0.05) is 18.7 Å². The molecule has 0 fully saturated rings. The number of carbonyl (C=O) groups excluding carboxylic acids is 2. The number of aromatic amines is 1. The van der Waals surface area contributed by atoms with Crippen molar-refractivity contribution in [3.8, 4) is 0 Å². The van der Waals surface area contributed by atoms with Gasteiger partial charge >= 0.3 is 5.69 Å². The molecule has 8 nitrogen and oxygen atoms in total. The van der Waals surface area contributed by atoms with Crippen LogP contribution >= 0.6 is 11.8 Å². The van der Waals surface area contributed by atoms with E-state index in [0.717, 1.165) is 6.42 Å². The van der Waals surface area contributed by atoms with Crippen molar-refractivity contribution in [3.05, 3.63) is 10.5 Å². The van der Waals surface area contributed by atoms with Gasteiger partial charge in [-0.15, -0.1) is 5.10 Å². The maximum absolute atomic E-state index is 11.8. The first-order valence-electron chi connectivity index (χ1n) is 6.22. The number of nitrogens with one attached hydrogen (secondary N) is 2. The van der Waals surface area contributed by atoms with Crippen LogP contribution in [0.15, 0.2) is 9.95 Å². The van der Waals surface area contributed by atoms with E-state index in [4.69, 9.17) is 0 Å². The molecule has 1 rings (SSSR count). The summed E-state index contributed by atoms with van der Waals surface area (Å²) in [5.41, 5.74) is -0.277. The zero-order valence-corrected chi connectivity index (χ0v) is 12.6. The van der Waals surface area contributed by atoms with Crippen molar-refractivity contribution >= 4 is 23.6 Å². The predicted octanol–water partition coefficient (Wildman–Crippen LogP) is -0.722. The van der Waals surface area contributed by atoms with Gasteiger partial charge < -0.3 is 10.2 Å². The number of H-pyrrole nitrogens is 1. The van der Waals surface area contributed by atoms with Crippen molar-refractivity contribution in [2.24, 2.45) is 0 Å². The molecule has 1 aromatic heterocycles. The van der Waals surface area contributed by atoms with Crippen molar-refractivity contribution < 1.29 is 9.59 Å². The second-order valence-corrected chi connectivity index (χ2v) is 5.12. The van der Waals surface area contributed by atoms with E-state index in [1.165, 1.54) is 28.3 Å². The van der Waals surface area contributed by atoms with Gasteiger partial charge in [0.25, 0.3) is 0 Å². The highest BCUT2D eigenvalue weighted by Gasteiger charge is 2.15. The molecule has 112 valence electrons. The first-order valence-corrected chi connectivity index (χ1v) is 7.20. The Morgan fingerprint density at radius 1 is 1.50 bits per heavy atom. The van der Waals surface area contributed by atoms with E-state index in [1.807, 2.05) is 6.92 Å². The molecule has 2 amide bonds. The summed E-state index contributed by atoms with van der Waals surface area (Å²) in [6.07, 6.45) is 0.803. The summed E-state index contributed by atoms with van der Waals surface area (Å²) in [4.78, 5) is 35.8. The lowest BCUT2D eigenvalue weighted by Crippen LogP contribution is -2.37. The standard InChI is InChI=1S/C11H19N5O3S/c1-4-5-16-10(19)13-14-11(16)20-7-9(18)15(3)6-8(17)12-2/h4-7H2,1-3H3,(H,12,17)(H,13,19). The van der Waals surface area contributed by atoms with Gasteiger partial charge in [-0.25, -0.2) is 9.89 Å². The van der Waals surface area contributed by atoms with Gasteiger partial charge in [0.15, 0.2) is 5.16 Å². The second kappa shape index (κ2) is 7.73. The lowest BCUT2D eigenvalue weighted by atomic mass is 10.5. The van der Waals surface area contributed by atoms with E-state index in [0.29, 0.717) is 11.7 Å². The van der Waals surface area contributed by atoms with Crippen LogP contribution in [0.5, 0.6) is 0 Å². The van der Waals surface area contributed by atoms with Gasteiger partial charge in [0.2, 0.25) is 11.8 Å². The van der Waals surface area contributed by atoms with E-state index in [-0.39, 0.29) is 29.8 Å². The third-order valence-corrected chi connectivity index (χ3v) is 3.54. The minimum absolute atomic E-state index is 0.0121. The fourth-order valence-electron chi connectivity index (χ4n) is 1.45. The highest BCUT2D eigenvalue weighted by Crippen LogP contribution is 2.13. The molecule has 0 unspecified atom stereocenters. The molecule has 0 aromatic carbocycles. The van der Waals surface area contributed by atoms with Gasteiger partial charge in [0, 0.05) is 20.6 Å². The van der Waals surface area contributed by atoms with Gasteiger partial charge in [-0.3, -0.25) is 14.2 Å². The highest BCUT2D eigenvalue weighted by atomic mass is 32.2. The van der Waals surface area contributed by atoms with Gasteiger partial charge in [-0.2, -0.15) is 0 Å². The van der Waals surface area contributed by atoms with Crippen LogP contribution in [0.1, 0.15) is 13.3 Å². The quantitative estimate of drug-likeness (QED) is 0.647. The maximum atomic E-state index is 11.8. The average molecular weight is 301 g/mol. The Labute approximate surface area is 120 Å². The van der Waals surface area contributed by atoms with Crippen molar-refractivity contribution in [2.75, 3.05) is 26.4 Å². The SMILES string of the molecule is CCCn1c(SCC(=O)N(C)CC(=O)NC)n[nH]c1=O. The number of likely N-dealkylation sites (N-methyl/N-ethyl adjacent to an activating group) is 2. The molecule has 1 heterocycles. The van der Waals surface area contributed by atoms with E-state index in [1.54, 1.807) is 7.05 Å².